The van der Waals surface area contributed by atoms with Crippen molar-refractivity contribution < 1.29 is 19.1 Å². The van der Waals surface area contributed by atoms with Crippen LogP contribution in [0.1, 0.15) is 45.4 Å². The molecule has 130 valence electrons. The second kappa shape index (κ2) is 9.01. The Hall–Kier alpha value is -1.43. The van der Waals surface area contributed by atoms with Gasteiger partial charge in [0.05, 0.1) is 6.04 Å². The van der Waals surface area contributed by atoms with E-state index < -0.39 is 17.7 Å². The molecular formula is C17H28N2O4. The molecule has 0 bridgehead atoms. The molecule has 1 N–H and O–H groups in total. The third kappa shape index (κ3) is 5.61. The Morgan fingerprint density at radius 2 is 1.91 bits per heavy atom. The number of rotatable bonds is 10. The second-order valence-electron chi connectivity index (χ2n) is 6.68. The highest BCUT2D eigenvalue weighted by Crippen LogP contribution is 2.27. The van der Waals surface area contributed by atoms with Crippen molar-refractivity contribution in [1.82, 2.24) is 10.2 Å². The molecule has 0 aromatic carbocycles. The van der Waals surface area contributed by atoms with E-state index in [0.717, 1.165) is 38.5 Å². The molecule has 1 saturated carbocycles. The lowest BCUT2D eigenvalue weighted by Crippen LogP contribution is -2.49. The topological polar surface area (TPSA) is 75.7 Å². The molecule has 23 heavy (non-hydrogen) atoms. The predicted octanol–water partition coefficient (Wildman–Crippen LogP) is 1.14. The third-order valence-electron chi connectivity index (χ3n) is 4.68. The van der Waals surface area contributed by atoms with Gasteiger partial charge in [0.25, 0.3) is 5.91 Å². The third-order valence-corrected chi connectivity index (χ3v) is 4.68. The highest BCUT2D eigenvalue weighted by atomic mass is 16.5. The van der Waals surface area contributed by atoms with E-state index in [0.29, 0.717) is 44.6 Å². The average molecular weight is 324 g/mol. The summed E-state index contributed by atoms with van der Waals surface area (Å²) in [5, 5.41) is 2.71. The zero-order chi connectivity index (χ0) is 16.7. The number of ketones is 1. The van der Waals surface area contributed by atoms with Gasteiger partial charge in [-0.25, -0.2) is 0 Å². The molecule has 2 rings (SSSR count). The molecule has 0 aromatic rings. The minimum atomic E-state index is -0.639. The molecule has 1 unspecified atom stereocenters. The average Bonchev–Trinajstić information content (AvgIpc) is 3.40. The van der Waals surface area contributed by atoms with Crippen LogP contribution >= 0.6 is 0 Å². The SMILES string of the molecule is CCCC(C(=O)C(=O)NCC1CC1)N(C=O)CC1CCOCC1. The zero-order valence-electron chi connectivity index (χ0n) is 14.0. The quantitative estimate of drug-likeness (QED) is 0.483. The Kier molecular flexibility index (Phi) is 7.02. The van der Waals surface area contributed by atoms with Gasteiger partial charge in [0.1, 0.15) is 0 Å². The van der Waals surface area contributed by atoms with Crippen LogP contribution in [0.5, 0.6) is 0 Å². The van der Waals surface area contributed by atoms with Gasteiger partial charge in [0.15, 0.2) is 0 Å². The molecule has 0 spiro atoms. The number of hydrogen-bond acceptors (Lipinski definition) is 4. The van der Waals surface area contributed by atoms with Crippen LogP contribution in [0.2, 0.25) is 0 Å². The molecule has 1 atom stereocenters. The number of ether oxygens (including phenoxy) is 1. The minimum Gasteiger partial charge on any atom is -0.381 e. The molecule has 2 aliphatic rings. The first-order valence-corrected chi connectivity index (χ1v) is 8.76. The van der Waals surface area contributed by atoms with Gasteiger partial charge < -0.3 is 15.0 Å². The van der Waals surface area contributed by atoms with E-state index in [9.17, 15) is 14.4 Å². The van der Waals surface area contributed by atoms with Gasteiger partial charge in [0.2, 0.25) is 12.2 Å². The van der Waals surface area contributed by atoms with Crippen molar-refractivity contribution in [2.75, 3.05) is 26.3 Å². The standard InChI is InChI=1S/C17H28N2O4/c1-2-3-15(16(21)17(22)18-10-13-4-5-13)19(12-20)11-14-6-8-23-9-7-14/h12-15H,2-11H2,1H3,(H,18,22). The van der Waals surface area contributed by atoms with Gasteiger partial charge in [-0.05, 0) is 43.9 Å². The van der Waals surface area contributed by atoms with E-state index >= 15 is 0 Å². The van der Waals surface area contributed by atoms with E-state index in [1.165, 1.54) is 4.90 Å². The van der Waals surface area contributed by atoms with Crippen LogP contribution in [0.25, 0.3) is 0 Å². The summed E-state index contributed by atoms with van der Waals surface area (Å²) in [5.74, 6) is -0.155. The van der Waals surface area contributed by atoms with Gasteiger partial charge in [-0.1, -0.05) is 13.3 Å². The molecule has 0 radical (unpaired) electrons. The van der Waals surface area contributed by atoms with Crippen molar-refractivity contribution in [3.8, 4) is 0 Å². The number of hydrogen-bond donors (Lipinski definition) is 1. The Labute approximate surface area is 137 Å². The van der Waals surface area contributed by atoms with Crippen LogP contribution in [-0.2, 0) is 19.1 Å². The minimum absolute atomic E-state index is 0.343. The van der Waals surface area contributed by atoms with E-state index in [1.54, 1.807) is 0 Å². The first-order chi connectivity index (χ1) is 11.2. The number of nitrogens with one attached hydrogen (secondary N) is 1. The smallest absolute Gasteiger partial charge is 0.289 e. The molecule has 6 heteroatoms. The van der Waals surface area contributed by atoms with E-state index in [4.69, 9.17) is 4.74 Å². The Bertz CT molecular complexity index is 417. The van der Waals surface area contributed by atoms with Crippen molar-refractivity contribution in [3.63, 3.8) is 0 Å². The molecule has 6 nitrogen and oxygen atoms in total. The lowest BCUT2D eigenvalue weighted by Gasteiger charge is -2.32. The molecule has 0 aromatic heterocycles. The van der Waals surface area contributed by atoms with Crippen LogP contribution in [-0.4, -0.2) is 55.3 Å². The Balaban J connectivity index is 1.92. The monoisotopic (exact) mass is 324 g/mol. The molecule has 1 saturated heterocycles. The fourth-order valence-electron chi connectivity index (χ4n) is 2.99. The first-order valence-electron chi connectivity index (χ1n) is 8.76. The molecule has 1 aliphatic heterocycles. The van der Waals surface area contributed by atoms with Crippen LogP contribution in [0, 0.1) is 11.8 Å². The van der Waals surface area contributed by atoms with Crippen LogP contribution in [0.15, 0.2) is 0 Å². The van der Waals surface area contributed by atoms with Crippen LogP contribution in [0.3, 0.4) is 0 Å². The highest BCUT2D eigenvalue weighted by Gasteiger charge is 2.32. The summed E-state index contributed by atoms with van der Waals surface area (Å²) in [6.07, 6.45) is 6.04. The largest absolute Gasteiger partial charge is 0.381 e. The number of carbonyl (C=O) groups is 3. The van der Waals surface area contributed by atoms with Gasteiger partial charge in [0, 0.05) is 26.3 Å². The van der Waals surface area contributed by atoms with Crippen molar-refractivity contribution in [2.24, 2.45) is 11.8 Å². The van der Waals surface area contributed by atoms with E-state index in [1.807, 2.05) is 6.92 Å². The molecule has 2 fully saturated rings. The predicted molar refractivity (Wildman–Crippen MR) is 85.7 cm³/mol. The summed E-state index contributed by atoms with van der Waals surface area (Å²) in [6, 6.07) is -0.639. The maximum Gasteiger partial charge on any atom is 0.289 e. The first kappa shape index (κ1) is 17.9. The van der Waals surface area contributed by atoms with Gasteiger partial charge >= 0.3 is 0 Å². The number of Topliss-reactive ketones (excluding diaryl/α,β-unsaturated/α-hetero) is 1. The second-order valence-corrected chi connectivity index (χ2v) is 6.68. The lowest BCUT2D eigenvalue weighted by atomic mass is 9.97. The van der Waals surface area contributed by atoms with Crippen LogP contribution < -0.4 is 5.32 Å². The maximum atomic E-state index is 12.5. The summed E-state index contributed by atoms with van der Waals surface area (Å²) in [4.78, 5) is 37.6. The fourth-order valence-corrected chi connectivity index (χ4v) is 2.99. The molecule has 1 heterocycles. The summed E-state index contributed by atoms with van der Waals surface area (Å²) in [6.45, 7) is 4.46. The highest BCUT2D eigenvalue weighted by molar-refractivity contribution is 6.38. The Morgan fingerprint density at radius 3 is 2.48 bits per heavy atom. The summed E-state index contributed by atoms with van der Waals surface area (Å²) in [7, 11) is 0. The maximum absolute atomic E-state index is 12.5. The number of nitrogens with zero attached hydrogens (tertiary/aromatic N) is 1. The van der Waals surface area contributed by atoms with Crippen LogP contribution in [0.4, 0.5) is 0 Å². The van der Waals surface area contributed by atoms with Gasteiger partial charge in [-0.2, -0.15) is 0 Å². The Morgan fingerprint density at radius 1 is 1.22 bits per heavy atom. The molecular weight excluding hydrogens is 296 g/mol. The van der Waals surface area contributed by atoms with Gasteiger partial charge in [-0.15, -0.1) is 0 Å². The van der Waals surface area contributed by atoms with Crippen molar-refractivity contribution in [2.45, 2.75) is 51.5 Å². The zero-order valence-corrected chi connectivity index (χ0v) is 14.0. The fraction of sp³-hybridized carbons (Fsp3) is 0.824. The summed E-state index contributed by atoms with van der Waals surface area (Å²) in [5.41, 5.74) is 0. The lowest BCUT2D eigenvalue weighted by molar-refractivity contribution is -0.143. The molecule has 1 aliphatic carbocycles. The molecule has 2 amide bonds. The number of amides is 2. The summed E-state index contributed by atoms with van der Waals surface area (Å²) < 4.78 is 5.33. The number of carbonyl (C=O) groups excluding carboxylic acids is 3. The van der Waals surface area contributed by atoms with Crippen molar-refractivity contribution in [1.29, 1.82) is 0 Å². The van der Waals surface area contributed by atoms with E-state index in [-0.39, 0.29) is 0 Å². The van der Waals surface area contributed by atoms with Crippen molar-refractivity contribution in [3.05, 3.63) is 0 Å². The summed E-state index contributed by atoms with van der Waals surface area (Å²) >= 11 is 0. The van der Waals surface area contributed by atoms with Gasteiger partial charge in [-0.3, -0.25) is 14.4 Å². The van der Waals surface area contributed by atoms with Crippen molar-refractivity contribution >= 4 is 18.1 Å². The normalized spacial score (nSPS) is 19.9. The van der Waals surface area contributed by atoms with E-state index in [2.05, 4.69) is 5.32 Å².